The van der Waals surface area contributed by atoms with E-state index in [4.69, 9.17) is 19.3 Å². The van der Waals surface area contributed by atoms with Gasteiger partial charge in [-0.3, -0.25) is 0 Å². The van der Waals surface area contributed by atoms with Gasteiger partial charge in [0, 0.05) is 5.41 Å². The quantitative estimate of drug-likeness (QED) is 0.444. The molecule has 0 bridgehead atoms. The van der Waals surface area contributed by atoms with E-state index in [2.05, 4.69) is 13.8 Å². The number of rotatable bonds is 8. The lowest BCUT2D eigenvalue weighted by Crippen LogP contribution is -2.28. The minimum Gasteiger partial charge on any atom is -0.394 e. The van der Waals surface area contributed by atoms with Gasteiger partial charge < -0.3 is 19.3 Å². The maximum absolute atomic E-state index is 8.98. The molecule has 2 rings (SSSR count). The van der Waals surface area contributed by atoms with Crippen molar-refractivity contribution >= 4 is 0 Å². The second kappa shape index (κ2) is 6.48. The van der Waals surface area contributed by atoms with Gasteiger partial charge in [-0.1, -0.05) is 44.2 Å². The lowest BCUT2D eigenvalue weighted by molar-refractivity contribution is -0.0865. The van der Waals surface area contributed by atoms with Gasteiger partial charge in [0.2, 0.25) is 0 Å². The molecular weight excluding hydrogens is 244 g/mol. The van der Waals surface area contributed by atoms with Gasteiger partial charge in [-0.25, -0.2) is 0 Å². The zero-order valence-electron chi connectivity index (χ0n) is 11.5. The van der Waals surface area contributed by atoms with E-state index in [1.165, 1.54) is 0 Å². The SMILES string of the molecule is CC(C)(COCOCc1ccccc1)[C@@H]1O[C@@H]1CO. The molecule has 1 fully saturated rings. The Labute approximate surface area is 114 Å². The molecule has 0 spiro atoms. The van der Waals surface area contributed by atoms with Crippen LogP contribution in [0.4, 0.5) is 0 Å². The fraction of sp³-hybridized carbons (Fsp3) is 0.600. The van der Waals surface area contributed by atoms with Gasteiger partial charge in [0.05, 0.1) is 25.9 Å². The Morgan fingerprint density at radius 2 is 1.95 bits per heavy atom. The van der Waals surface area contributed by atoms with Crippen LogP contribution in [0.2, 0.25) is 0 Å². The Kier molecular flexibility index (Phi) is 4.93. The number of aliphatic hydroxyl groups excluding tert-OH is 1. The molecule has 1 N–H and O–H groups in total. The van der Waals surface area contributed by atoms with Crippen LogP contribution in [0.25, 0.3) is 0 Å². The highest BCUT2D eigenvalue weighted by molar-refractivity contribution is 5.13. The maximum atomic E-state index is 8.98. The van der Waals surface area contributed by atoms with Gasteiger partial charge in [-0.15, -0.1) is 0 Å². The van der Waals surface area contributed by atoms with E-state index in [-0.39, 0.29) is 31.0 Å². The summed E-state index contributed by atoms with van der Waals surface area (Å²) >= 11 is 0. The van der Waals surface area contributed by atoms with Crippen molar-refractivity contribution in [3.8, 4) is 0 Å². The van der Waals surface area contributed by atoms with E-state index in [0.717, 1.165) is 5.56 Å². The van der Waals surface area contributed by atoms with Crippen molar-refractivity contribution in [3.63, 3.8) is 0 Å². The van der Waals surface area contributed by atoms with Crippen molar-refractivity contribution < 1.29 is 19.3 Å². The normalized spacial score (nSPS) is 22.5. The van der Waals surface area contributed by atoms with E-state index in [1.54, 1.807) is 0 Å². The Morgan fingerprint density at radius 3 is 2.58 bits per heavy atom. The Morgan fingerprint density at radius 1 is 1.21 bits per heavy atom. The number of ether oxygens (including phenoxy) is 3. The summed E-state index contributed by atoms with van der Waals surface area (Å²) in [5.74, 6) is 0. The largest absolute Gasteiger partial charge is 0.394 e. The van der Waals surface area contributed by atoms with Crippen molar-refractivity contribution in [1.29, 1.82) is 0 Å². The number of benzene rings is 1. The van der Waals surface area contributed by atoms with Crippen LogP contribution in [0, 0.1) is 5.41 Å². The van der Waals surface area contributed by atoms with Crippen LogP contribution in [0.15, 0.2) is 30.3 Å². The number of aliphatic hydroxyl groups is 1. The highest BCUT2D eigenvalue weighted by atomic mass is 16.7. The van der Waals surface area contributed by atoms with Crippen molar-refractivity contribution in [2.24, 2.45) is 5.41 Å². The molecule has 1 aliphatic rings. The number of hydrogen-bond acceptors (Lipinski definition) is 4. The minimum absolute atomic E-state index is 0.0242. The summed E-state index contributed by atoms with van der Waals surface area (Å²) in [4.78, 5) is 0. The summed E-state index contributed by atoms with van der Waals surface area (Å²) in [6.45, 7) is 5.62. The molecule has 19 heavy (non-hydrogen) atoms. The molecule has 2 atom stereocenters. The van der Waals surface area contributed by atoms with E-state index in [1.807, 2.05) is 30.3 Å². The Balaban J connectivity index is 1.59. The summed E-state index contributed by atoms with van der Waals surface area (Å²) in [5, 5.41) is 8.98. The van der Waals surface area contributed by atoms with Gasteiger partial charge in [0.15, 0.2) is 0 Å². The van der Waals surface area contributed by atoms with Gasteiger partial charge >= 0.3 is 0 Å². The Bertz CT molecular complexity index is 377. The molecule has 0 aromatic heterocycles. The van der Waals surface area contributed by atoms with Crippen LogP contribution >= 0.6 is 0 Å². The van der Waals surface area contributed by atoms with Crippen molar-refractivity contribution in [1.82, 2.24) is 0 Å². The zero-order valence-corrected chi connectivity index (χ0v) is 11.5. The van der Waals surface area contributed by atoms with E-state index in [0.29, 0.717) is 13.2 Å². The molecule has 4 nitrogen and oxygen atoms in total. The molecule has 0 saturated carbocycles. The topological polar surface area (TPSA) is 51.2 Å². The average molecular weight is 266 g/mol. The first-order chi connectivity index (χ1) is 9.13. The Hall–Kier alpha value is -0.940. The molecule has 0 unspecified atom stereocenters. The van der Waals surface area contributed by atoms with Gasteiger partial charge in [0.25, 0.3) is 0 Å². The first-order valence-electron chi connectivity index (χ1n) is 6.59. The third-order valence-corrected chi connectivity index (χ3v) is 3.28. The van der Waals surface area contributed by atoms with E-state index < -0.39 is 0 Å². The predicted molar refractivity (Wildman–Crippen MR) is 71.6 cm³/mol. The number of hydrogen-bond donors (Lipinski definition) is 1. The molecule has 1 aromatic rings. The fourth-order valence-electron chi connectivity index (χ4n) is 2.15. The standard InChI is InChI=1S/C15H22O4/c1-15(2,14-13(8-16)19-14)10-18-11-17-9-12-6-4-3-5-7-12/h3-7,13-14,16H,8-11H2,1-2H3/t13-,14-/m1/s1. The van der Waals surface area contributed by atoms with Gasteiger partial charge in [-0.2, -0.15) is 0 Å². The third kappa shape index (κ3) is 4.28. The summed E-state index contributed by atoms with van der Waals surface area (Å²) in [6.07, 6.45) is 0.0652. The van der Waals surface area contributed by atoms with Crippen LogP contribution in [0.1, 0.15) is 19.4 Å². The second-order valence-electron chi connectivity index (χ2n) is 5.57. The maximum Gasteiger partial charge on any atom is 0.147 e. The van der Waals surface area contributed by atoms with Crippen molar-refractivity contribution in [2.75, 3.05) is 20.0 Å². The zero-order chi connectivity index (χ0) is 13.7. The predicted octanol–water partition coefficient (Wildman–Crippen LogP) is 1.96. The van der Waals surface area contributed by atoms with Gasteiger partial charge in [0.1, 0.15) is 12.9 Å². The van der Waals surface area contributed by atoms with Crippen LogP contribution < -0.4 is 0 Å². The molecule has 4 heteroatoms. The fourth-order valence-corrected chi connectivity index (χ4v) is 2.15. The van der Waals surface area contributed by atoms with E-state index >= 15 is 0 Å². The molecule has 1 aromatic carbocycles. The molecule has 0 amide bonds. The lowest BCUT2D eigenvalue weighted by atomic mass is 9.88. The summed E-state index contributed by atoms with van der Waals surface area (Å²) in [7, 11) is 0. The van der Waals surface area contributed by atoms with Crippen molar-refractivity contribution in [3.05, 3.63) is 35.9 Å². The molecule has 106 valence electrons. The molecular formula is C15H22O4. The van der Waals surface area contributed by atoms with Crippen LogP contribution in [-0.4, -0.2) is 37.3 Å². The summed E-state index contributed by atoms with van der Waals surface area (Å²) in [6, 6.07) is 10.0. The first kappa shape index (κ1) is 14.5. The van der Waals surface area contributed by atoms with Crippen LogP contribution in [-0.2, 0) is 20.8 Å². The van der Waals surface area contributed by atoms with Crippen molar-refractivity contribution in [2.45, 2.75) is 32.7 Å². The first-order valence-corrected chi connectivity index (χ1v) is 6.59. The number of epoxide rings is 1. The third-order valence-electron chi connectivity index (χ3n) is 3.28. The minimum atomic E-state index is -0.0937. The molecule has 1 saturated heterocycles. The monoisotopic (exact) mass is 266 g/mol. The molecule has 0 aliphatic carbocycles. The van der Waals surface area contributed by atoms with Gasteiger partial charge in [-0.05, 0) is 5.56 Å². The molecule has 0 radical (unpaired) electrons. The smallest absolute Gasteiger partial charge is 0.147 e. The lowest BCUT2D eigenvalue weighted by Gasteiger charge is -2.22. The highest BCUT2D eigenvalue weighted by Gasteiger charge is 2.49. The summed E-state index contributed by atoms with van der Waals surface area (Å²) in [5.41, 5.74) is 1.04. The van der Waals surface area contributed by atoms with Crippen LogP contribution in [0.3, 0.4) is 0 Å². The second-order valence-corrected chi connectivity index (χ2v) is 5.57. The average Bonchev–Trinajstić information content (AvgIpc) is 3.20. The van der Waals surface area contributed by atoms with E-state index in [9.17, 15) is 0 Å². The molecule has 1 aliphatic heterocycles. The molecule has 1 heterocycles. The summed E-state index contributed by atoms with van der Waals surface area (Å²) < 4.78 is 16.4. The highest BCUT2D eigenvalue weighted by Crippen LogP contribution is 2.38. The van der Waals surface area contributed by atoms with Crippen LogP contribution in [0.5, 0.6) is 0 Å².